The van der Waals surface area contributed by atoms with Gasteiger partial charge in [0.05, 0.1) is 18.4 Å². The first-order valence-electron chi connectivity index (χ1n) is 15.9. The molecule has 2 aliphatic carbocycles. The maximum Gasteiger partial charge on any atom is 0.261 e. The summed E-state index contributed by atoms with van der Waals surface area (Å²) in [4.78, 5) is 16.0. The molecule has 1 spiro atoms. The van der Waals surface area contributed by atoms with Crippen molar-refractivity contribution in [3.63, 3.8) is 0 Å². The van der Waals surface area contributed by atoms with E-state index >= 15 is 0 Å². The van der Waals surface area contributed by atoms with Gasteiger partial charge in [-0.3, -0.25) is 9.52 Å². The number of nitrogens with zero attached hydrogens (tertiary/aromatic N) is 1. The Morgan fingerprint density at radius 1 is 1.16 bits per heavy atom. The van der Waals surface area contributed by atoms with Gasteiger partial charge >= 0.3 is 0 Å². The summed E-state index contributed by atoms with van der Waals surface area (Å²) in [6, 6.07) is 12.4. The summed E-state index contributed by atoms with van der Waals surface area (Å²) in [5, 5.41) is 1.04. The number of carbonyl (C=O) groups excluding carboxylic acids is 1. The van der Waals surface area contributed by atoms with E-state index < -0.39 is 0 Å². The van der Waals surface area contributed by atoms with Gasteiger partial charge in [0.1, 0.15) is 5.75 Å². The van der Waals surface area contributed by atoms with E-state index in [1.54, 1.807) is 7.11 Å². The third-order valence-electron chi connectivity index (χ3n) is 10.2. The quantitative estimate of drug-likeness (QED) is 0.286. The molecule has 2 bridgehead atoms. The van der Waals surface area contributed by atoms with E-state index in [0.29, 0.717) is 36.5 Å². The van der Waals surface area contributed by atoms with E-state index in [1.165, 1.54) is 35.9 Å². The van der Waals surface area contributed by atoms with Crippen LogP contribution in [0.25, 0.3) is 0 Å². The molecule has 2 aromatic rings. The molecule has 0 radical (unpaired) electrons. The molecule has 1 saturated carbocycles. The van der Waals surface area contributed by atoms with Crippen LogP contribution in [-0.4, -0.2) is 57.8 Å². The fourth-order valence-electron chi connectivity index (χ4n) is 7.65. The second kappa shape index (κ2) is 13.4. The molecule has 1 amide bonds. The Labute approximate surface area is 266 Å². The van der Waals surface area contributed by atoms with Crippen LogP contribution in [0.3, 0.4) is 0 Å². The summed E-state index contributed by atoms with van der Waals surface area (Å²) in [7, 11) is 3.58. The number of hydrogen-bond donors (Lipinski definition) is 1. The normalized spacial score (nSPS) is 31.6. The second-order valence-electron chi connectivity index (χ2n) is 13.0. The summed E-state index contributed by atoms with van der Waals surface area (Å²) >= 11 is 7.96. The Kier molecular flexibility index (Phi) is 9.63. The third kappa shape index (κ3) is 6.61. The predicted molar refractivity (Wildman–Crippen MR) is 175 cm³/mol. The summed E-state index contributed by atoms with van der Waals surface area (Å²) in [6.45, 7) is 5.29. The van der Waals surface area contributed by atoms with Crippen molar-refractivity contribution in [2.45, 2.75) is 68.6 Å². The molecule has 8 heteroatoms. The molecule has 2 aromatic carbocycles. The lowest BCUT2D eigenvalue weighted by Gasteiger charge is -2.46. The molecule has 232 valence electrons. The highest BCUT2D eigenvalue weighted by atomic mass is 35.5. The molecule has 6 nitrogen and oxygen atoms in total. The average molecular weight is 625 g/mol. The Hall–Kier alpha value is -2.19. The molecular weight excluding hydrogens is 580 g/mol. The van der Waals surface area contributed by atoms with Gasteiger partial charge in [0.25, 0.3) is 5.91 Å². The number of carbonyl (C=O) groups is 1. The van der Waals surface area contributed by atoms with Gasteiger partial charge < -0.3 is 19.1 Å². The van der Waals surface area contributed by atoms with Crippen LogP contribution in [-0.2, 0) is 21.3 Å². The fourth-order valence-corrected chi connectivity index (χ4v) is 8.85. The van der Waals surface area contributed by atoms with E-state index in [2.05, 4.69) is 46.9 Å². The Bertz CT molecular complexity index is 1340. The van der Waals surface area contributed by atoms with Crippen LogP contribution in [0.15, 0.2) is 48.6 Å². The van der Waals surface area contributed by atoms with Crippen LogP contribution >= 0.6 is 23.5 Å². The Balaban J connectivity index is 1.37. The summed E-state index contributed by atoms with van der Waals surface area (Å²) in [5.41, 5.74) is 4.24. The van der Waals surface area contributed by atoms with Crippen LogP contribution in [0.2, 0.25) is 5.02 Å². The van der Waals surface area contributed by atoms with Crippen molar-refractivity contribution >= 4 is 35.1 Å². The molecule has 1 fully saturated rings. The highest BCUT2D eigenvalue weighted by Gasteiger charge is 2.44. The number of amides is 1. The standard InChI is InChI=1S/C35H45ClN2O4S/c1-23-6-12-32(41-3)29-10-7-26(29)20-38-21-35(15-4-5-24-18-27(36)9-11-30(24)35)22-42-33-13-8-25(19-31(33)38)34(39)37-43-28(17-23)14-16-40-2/h6,8-9,11-13,18-19,23,26,28-29,32H,4-5,7,10,14-17,20-22H2,1-3H3,(H,37,39)/b12-6-/t23-,26+,28+,29-,32+,35+/m1/s1. The lowest BCUT2D eigenvalue weighted by Crippen LogP contribution is -2.49. The number of ether oxygens (including phenoxy) is 3. The van der Waals surface area contributed by atoms with Crippen molar-refractivity contribution in [3.8, 4) is 5.75 Å². The van der Waals surface area contributed by atoms with Crippen molar-refractivity contribution < 1.29 is 19.0 Å². The van der Waals surface area contributed by atoms with Crippen molar-refractivity contribution in [2.75, 3.05) is 45.4 Å². The monoisotopic (exact) mass is 624 g/mol. The molecule has 1 N–H and O–H groups in total. The number of methoxy groups -OCH3 is 2. The summed E-state index contributed by atoms with van der Waals surface area (Å²) in [6.07, 6.45) is 12.1. The minimum atomic E-state index is -0.139. The van der Waals surface area contributed by atoms with Gasteiger partial charge in [0.2, 0.25) is 0 Å². The number of benzene rings is 2. The first-order chi connectivity index (χ1) is 20.9. The minimum Gasteiger partial charge on any atom is -0.490 e. The summed E-state index contributed by atoms with van der Waals surface area (Å²) in [5.74, 6) is 2.12. The van der Waals surface area contributed by atoms with Gasteiger partial charge in [-0.1, -0.05) is 36.7 Å². The number of aryl methyl sites for hydroxylation is 1. The van der Waals surface area contributed by atoms with Crippen molar-refractivity contribution in [2.24, 2.45) is 17.8 Å². The lowest BCUT2D eigenvalue weighted by molar-refractivity contribution is 0.0130. The van der Waals surface area contributed by atoms with Gasteiger partial charge in [0.15, 0.2) is 0 Å². The maximum absolute atomic E-state index is 13.5. The molecule has 6 atom stereocenters. The predicted octanol–water partition coefficient (Wildman–Crippen LogP) is 7.23. The van der Waals surface area contributed by atoms with Gasteiger partial charge in [-0.2, -0.15) is 0 Å². The maximum atomic E-state index is 13.5. The SMILES string of the molecule is COCC[C@H]1C[C@H](C)/C=C\[C@H](OC)[C@@H]2CC[C@H]2CN2C[C@@]3(CCCc4cc(Cl)ccc43)COc3ccc(cc32)C(=O)NS1. The highest BCUT2D eigenvalue weighted by molar-refractivity contribution is 7.98. The van der Waals surface area contributed by atoms with E-state index in [-0.39, 0.29) is 22.7 Å². The zero-order valence-electron chi connectivity index (χ0n) is 25.7. The van der Waals surface area contributed by atoms with E-state index in [4.69, 9.17) is 25.8 Å². The van der Waals surface area contributed by atoms with Crippen LogP contribution in [0.4, 0.5) is 5.69 Å². The van der Waals surface area contributed by atoms with E-state index in [0.717, 1.165) is 61.7 Å². The Morgan fingerprint density at radius 3 is 2.84 bits per heavy atom. The topological polar surface area (TPSA) is 60.0 Å². The average Bonchev–Trinajstić information content (AvgIpc) is 3.14. The first-order valence-corrected chi connectivity index (χ1v) is 17.1. The number of halogens is 1. The molecule has 2 aliphatic heterocycles. The van der Waals surface area contributed by atoms with Crippen molar-refractivity contribution in [1.29, 1.82) is 0 Å². The smallest absolute Gasteiger partial charge is 0.261 e. The first kappa shape index (κ1) is 30.8. The van der Waals surface area contributed by atoms with E-state index in [1.807, 2.05) is 25.3 Å². The zero-order valence-corrected chi connectivity index (χ0v) is 27.2. The molecular formula is C35H45ClN2O4S. The summed E-state index contributed by atoms with van der Waals surface area (Å²) < 4.78 is 21.3. The molecule has 6 rings (SSSR count). The van der Waals surface area contributed by atoms with Gasteiger partial charge in [-0.25, -0.2) is 0 Å². The molecule has 0 saturated heterocycles. The van der Waals surface area contributed by atoms with Gasteiger partial charge in [-0.05, 0) is 116 Å². The van der Waals surface area contributed by atoms with E-state index in [9.17, 15) is 4.79 Å². The minimum absolute atomic E-state index is 0.0666. The number of fused-ring (bicyclic) bond motifs is 4. The molecule has 2 heterocycles. The largest absolute Gasteiger partial charge is 0.490 e. The van der Waals surface area contributed by atoms with Crippen LogP contribution in [0.5, 0.6) is 5.75 Å². The zero-order chi connectivity index (χ0) is 30.0. The number of anilines is 1. The van der Waals surface area contributed by atoms with Gasteiger partial charge in [0, 0.05) is 55.2 Å². The van der Waals surface area contributed by atoms with Crippen molar-refractivity contribution in [3.05, 3.63) is 70.3 Å². The molecule has 0 unspecified atom stereocenters. The number of rotatable bonds is 4. The molecule has 0 aromatic heterocycles. The number of hydrogen-bond acceptors (Lipinski definition) is 6. The fraction of sp³-hybridized carbons (Fsp3) is 0.571. The molecule has 4 aliphatic rings. The second-order valence-corrected chi connectivity index (χ2v) is 14.6. The number of nitrogens with one attached hydrogen (secondary N) is 1. The lowest BCUT2D eigenvalue weighted by atomic mass is 9.68. The van der Waals surface area contributed by atoms with Crippen molar-refractivity contribution in [1.82, 2.24) is 4.72 Å². The highest BCUT2D eigenvalue weighted by Crippen LogP contribution is 2.47. The van der Waals surface area contributed by atoms with Crippen LogP contribution in [0.1, 0.15) is 66.9 Å². The third-order valence-corrected chi connectivity index (χ3v) is 11.5. The number of allylic oxidation sites excluding steroid dienone is 1. The van der Waals surface area contributed by atoms with Gasteiger partial charge in [-0.15, -0.1) is 0 Å². The molecule has 43 heavy (non-hydrogen) atoms. The van der Waals surface area contributed by atoms with Crippen LogP contribution < -0.4 is 14.4 Å². The van der Waals surface area contributed by atoms with Crippen LogP contribution in [0, 0.1) is 17.8 Å². The Morgan fingerprint density at radius 2 is 2.05 bits per heavy atom.